The minimum Gasteiger partial charge on any atom is -0.399 e. The van der Waals surface area contributed by atoms with Crippen LogP contribution in [-0.4, -0.2) is 18.6 Å². The summed E-state index contributed by atoms with van der Waals surface area (Å²) in [6.45, 7) is 1.71. The second-order valence-electron chi connectivity index (χ2n) is 4.24. The molecule has 2 aromatic carbocycles. The van der Waals surface area contributed by atoms with Gasteiger partial charge < -0.3 is 4.84 Å². The normalized spacial score (nSPS) is 11.2. The Morgan fingerprint density at radius 1 is 1.10 bits per heavy atom. The molecule has 0 saturated carbocycles. The first-order valence-electron chi connectivity index (χ1n) is 6.11. The molecule has 2 rings (SSSR count). The van der Waals surface area contributed by atoms with Gasteiger partial charge in [0.2, 0.25) is 0 Å². The maximum absolute atomic E-state index is 13.4. The smallest absolute Gasteiger partial charge is 0.193 e. The molecule has 0 bridgehead atoms. The third-order valence-corrected chi connectivity index (χ3v) is 2.88. The third-order valence-electron chi connectivity index (χ3n) is 2.88. The van der Waals surface area contributed by atoms with Gasteiger partial charge in [-0.25, -0.2) is 4.39 Å². The summed E-state index contributed by atoms with van der Waals surface area (Å²) in [4.78, 5) is 17.2. The number of rotatable bonds is 4. The van der Waals surface area contributed by atoms with Crippen LogP contribution >= 0.6 is 0 Å². The Labute approximate surface area is 116 Å². The quantitative estimate of drug-likeness (QED) is 0.485. The number of hydrogen-bond acceptors (Lipinski definition) is 3. The minimum atomic E-state index is -0.460. The van der Waals surface area contributed by atoms with E-state index in [9.17, 15) is 9.18 Å². The van der Waals surface area contributed by atoms with Crippen molar-refractivity contribution in [2.75, 3.05) is 7.11 Å². The predicted octanol–water partition coefficient (Wildman–Crippen LogP) is 3.43. The van der Waals surface area contributed by atoms with E-state index in [2.05, 4.69) is 5.16 Å². The molecule has 2 aromatic rings. The molecular weight excluding hydrogens is 257 g/mol. The van der Waals surface area contributed by atoms with Crippen LogP contribution < -0.4 is 0 Å². The van der Waals surface area contributed by atoms with Gasteiger partial charge in [0.25, 0.3) is 0 Å². The monoisotopic (exact) mass is 271 g/mol. The van der Waals surface area contributed by atoms with Crippen LogP contribution in [-0.2, 0) is 4.84 Å². The van der Waals surface area contributed by atoms with Crippen LogP contribution in [0.1, 0.15) is 28.4 Å². The van der Waals surface area contributed by atoms with Crippen molar-refractivity contribution >= 4 is 11.5 Å². The fraction of sp³-hybridized carbons (Fsp3) is 0.125. The zero-order chi connectivity index (χ0) is 14.5. The average molecular weight is 271 g/mol. The van der Waals surface area contributed by atoms with E-state index in [1.54, 1.807) is 31.2 Å². The van der Waals surface area contributed by atoms with Gasteiger partial charge in [-0.2, -0.15) is 0 Å². The van der Waals surface area contributed by atoms with Gasteiger partial charge in [-0.05, 0) is 25.1 Å². The van der Waals surface area contributed by atoms with Crippen LogP contribution in [0.3, 0.4) is 0 Å². The molecule has 0 heterocycles. The lowest BCUT2D eigenvalue weighted by Gasteiger charge is -2.08. The highest BCUT2D eigenvalue weighted by Crippen LogP contribution is 2.17. The number of halogens is 1. The Morgan fingerprint density at radius 2 is 1.80 bits per heavy atom. The summed E-state index contributed by atoms with van der Waals surface area (Å²) in [5.74, 6) is -0.705. The SMILES string of the molecule is CO/N=C(\C)c1ccc(F)cc1C(=O)c1ccccc1. The van der Waals surface area contributed by atoms with Crippen LogP contribution in [0, 0.1) is 5.82 Å². The second kappa shape index (κ2) is 6.10. The molecule has 102 valence electrons. The Balaban J connectivity index is 2.53. The highest BCUT2D eigenvalue weighted by molar-refractivity contribution is 6.16. The molecule has 0 saturated heterocycles. The van der Waals surface area contributed by atoms with Crippen molar-refractivity contribution in [2.45, 2.75) is 6.92 Å². The first-order chi connectivity index (χ1) is 9.63. The molecule has 0 amide bonds. The lowest BCUT2D eigenvalue weighted by atomic mass is 9.96. The van der Waals surface area contributed by atoms with Crippen LogP contribution in [0.5, 0.6) is 0 Å². The van der Waals surface area contributed by atoms with Crippen LogP contribution in [0.4, 0.5) is 4.39 Å². The molecule has 0 unspecified atom stereocenters. The highest BCUT2D eigenvalue weighted by Gasteiger charge is 2.16. The molecule has 0 aliphatic heterocycles. The van der Waals surface area contributed by atoms with Gasteiger partial charge >= 0.3 is 0 Å². The average Bonchev–Trinajstić information content (AvgIpc) is 2.47. The number of benzene rings is 2. The molecule has 0 fully saturated rings. The third kappa shape index (κ3) is 2.91. The first kappa shape index (κ1) is 13.9. The van der Waals surface area contributed by atoms with E-state index in [0.717, 1.165) is 0 Å². The molecule has 0 N–H and O–H groups in total. The van der Waals surface area contributed by atoms with Crippen molar-refractivity contribution in [1.29, 1.82) is 0 Å². The number of oxime groups is 1. The van der Waals surface area contributed by atoms with Crippen LogP contribution in [0.25, 0.3) is 0 Å². The van der Waals surface area contributed by atoms with Crippen LogP contribution in [0.2, 0.25) is 0 Å². The topological polar surface area (TPSA) is 38.7 Å². The number of nitrogens with zero attached hydrogens (tertiary/aromatic N) is 1. The molecule has 0 atom stereocenters. The Bertz CT molecular complexity index is 651. The Kier molecular flexibility index (Phi) is 4.25. The van der Waals surface area contributed by atoms with Gasteiger partial charge in [0.05, 0.1) is 5.71 Å². The predicted molar refractivity (Wildman–Crippen MR) is 75.5 cm³/mol. The standard InChI is InChI=1S/C16H14FNO2/c1-11(18-20-2)14-9-8-13(17)10-15(14)16(19)12-6-4-3-5-7-12/h3-10H,1-2H3/b18-11+. The molecular formula is C16H14FNO2. The van der Waals surface area contributed by atoms with E-state index >= 15 is 0 Å². The maximum Gasteiger partial charge on any atom is 0.193 e. The zero-order valence-electron chi connectivity index (χ0n) is 11.3. The maximum atomic E-state index is 13.4. The lowest BCUT2D eigenvalue weighted by Crippen LogP contribution is -2.09. The van der Waals surface area contributed by atoms with Gasteiger partial charge in [0.1, 0.15) is 12.9 Å². The van der Waals surface area contributed by atoms with Gasteiger partial charge in [-0.1, -0.05) is 35.5 Å². The van der Waals surface area contributed by atoms with Gasteiger partial charge in [0.15, 0.2) is 5.78 Å². The molecule has 0 aromatic heterocycles. The first-order valence-corrected chi connectivity index (χ1v) is 6.11. The Hall–Kier alpha value is -2.49. The van der Waals surface area contributed by atoms with Crippen LogP contribution in [0.15, 0.2) is 53.7 Å². The van der Waals surface area contributed by atoms with Gasteiger partial charge in [-0.15, -0.1) is 0 Å². The summed E-state index contributed by atoms with van der Waals surface area (Å²) in [5, 5.41) is 3.80. The summed E-state index contributed by atoms with van der Waals surface area (Å²) in [5.41, 5.74) is 1.85. The fourth-order valence-electron chi connectivity index (χ4n) is 1.95. The summed E-state index contributed by atoms with van der Waals surface area (Å²) in [6.07, 6.45) is 0. The van der Waals surface area contributed by atoms with E-state index in [1.807, 2.05) is 6.07 Å². The van der Waals surface area contributed by atoms with Crippen molar-refractivity contribution in [1.82, 2.24) is 0 Å². The summed E-state index contributed by atoms with van der Waals surface area (Å²) >= 11 is 0. The van der Waals surface area contributed by atoms with Crippen molar-refractivity contribution in [3.05, 3.63) is 71.0 Å². The van der Waals surface area contributed by atoms with Crippen molar-refractivity contribution in [3.63, 3.8) is 0 Å². The molecule has 0 aliphatic rings. The molecule has 0 spiro atoms. The van der Waals surface area contributed by atoms with E-state index in [4.69, 9.17) is 4.84 Å². The largest absolute Gasteiger partial charge is 0.399 e. The van der Waals surface area contributed by atoms with Crippen molar-refractivity contribution in [2.24, 2.45) is 5.16 Å². The molecule has 4 heteroatoms. The molecule has 20 heavy (non-hydrogen) atoms. The van der Waals surface area contributed by atoms with Crippen molar-refractivity contribution < 1.29 is 14.0 Å². The summed E-state index contributed by atoms with van der Waals surface area (Å²) in [7, 11) is 1.42. The van der Waals surface area contributed by atoms with E-state index in [0.29, 0.717) is 16.8 Å². The van der Waals surface area contributed by atoms with E-state index in [1.165, 1.54) is 25.3 Å². The van der Waals surface area contributed by atoms with Gasteiger partial charge in [0, 0.05) is 16.7 Å². The molecule has 3 nitrogen and oxygen atoms in total. The Morgan fingerprint density at radius 3 is 2.45 bits per heavy atom. The van der Waals surface area contributed by atoms with Crippen molar-refractivity contribution in [3.8, 4) is 0 Å². The molecule has 0 radical (unpaired) electrons. The summed E-state index contributed by atoms with van der Waals surface area (Å²) in [6, 6.07) is 12.8. The zero-order valence-corrected chi connectivity index (χ0v) is 11.3. The van der Waals surface area contributed by atoms with E-state index < -0.39 is 5.82 Å². The summed E-state index contributed by atoms with van der Waals surface area (Å²) < 4.78 is 13.4. The minimum absolute atomic E-state index is 0.245. The second-order valence-corrected chi connectivity index (χ2v) is 4.24. The number of carbonyl (C=O) groups is 1. The fourth-order valence-corrected chi connectivity index (χ4v) is 1.95. The number of hydrogen-bond donors (Lipinski definition) is 0. The number of carbonyl (C=O) groups excluding carboxylic acids is 1. The lowest BCUT2D eigenvalue weighted by molar-refractivity contribution is 0.103. The van der Waals surface area contributed by atoms with Gasteiger partial charge in [-0.3, -0.25) is 4.79 Å². The highest BCUT2D eigenvalue weighted by atomic mass is 19.1. The number of ketones is 1. The van der Waals surface area contributed by atoms with E-state index in [-0.39, 0.29) is 11.3 Å². The molecule has 0 aliphatic carbocycles.